The fourth-order valence-corrected chi connectivity index (χ4v) is 2.61. The number of aromatic nitrogens is 2. The Morgan fingerprint density at radius 2 is 1.92 bits per heavy atom. The highest BCUT2D eigenvalue weighted by atomic mass is 16.2. The summed E-state index contributed by atoms with van der Waals surface area (Å²) in [5.74, 6) is 0.223. The third kappa shape index (κ3) is 4.68. The first kappa shape index (κ1) is 18.2. The molecule has 0 bridgehead atoms. The number of amides is 1. The third-order valence-electron chi connectivity index (χ3n) is 4.10. The summed E-state index contributed by atoms with van der Waals surface area (Å²) in [6, 6.07) is 12.0. The van der Waals surface area contributed by atoms with Crippen LogP contribution in [0.4, 0.5) is 0 Å². The van der Waals surface area contributed by atoms with E-state index in [2.05, 4.69) is 41.3 Å². The van der Waals surface area contributed by atoms with Gasteiger partial charge in [-0.05, 0) is 44.6 Å². The highest BCUT2D eigenvalue weighted by Gasteiger charge is 2.19. The highest BCUT2D eigenvalue weighted by molar-refractivity contribution is 5.93. The molecule has 1 aromatic carbocycles. The van der Waals surface area contributed by atoms with Gasteiger partial charge in [0.15, 0.2) is 0 Å². The molecule has 1 amide bonds. The van der Waals surface area contributed by atoms with Gasteiger partial charge in [-0.2, -0.15) is 5.10 Å². The third-order valence-corrected chi connectivity index (χ3v) is 4.10. The minimum Gasteiger partial charge on any atom is -0.344 e. The minimum atomic E-state index is -0.0792. The first-order valence-electron chi connectivity index (χ1n) is 8.43. The largest absolute Gasteiger partial charge is 0.344 e. The van der Waals surface area contributed by atoms with Gasteiger partial charge in [0.1, 0.15) is 5.69 Å². The second kappa shape index (κ2) is 8.11. The molecule has 0 unspecified atom stereocenters. The Labute approximate surface area is 144 Å². The molecule has 0 spiro atoms. The fraction of sp³-hybridized carbons (Fsp3) is 0.474. The molecule has 5 heteroatoms. The molecule has 130 valence electrons. The van der Waals surface area contributed by atoms with Crippen LogP contribution in [0.2, 0.25) is 0 Å². The number of carbonyl (C=O) groups excluding carboxylic acids is 1. The maximum Gasteiger partial charge on any atom is 0.270 e. The lowest BCUT2D eigenvalue weighted by Crippen LogP contribution is -2.32. The summed E-state index contributed by atoms with van der Waals surface area (Å²) in [7, 11) is 5.90. The average Bonchev–Trinajstić information content (AvgIpc) is 2.94. The molecule has 1 atom stereocenters. The van der Waals surface area contributed by atoms with Gasteiger partial charge >= 0.3 is 0 Å². The Balaban J connectivity index is 2.17. The summed E-state index contributed by atoms with van der Waals surface area (Å²) >= 11 is 0. The first-order chi connectivity index (χ1) is 11.4. The van der Waals surface area contributed by atoms with Crippen LogP contribution in [-0.4, -0.2) is 41.2 Å². The van der Waals surface area contributed by atoms with E-state index in [-0.39, 0.29) is 11.9 Å². The van der Waals surface area contributed by atoms with E-state index in [0.29, 0.717) is 11.6 Å². The van der Waals surface area contributed by atoms with Crippen molar-refractivity contribution in [1.82, 2.24) is 20.0 Å². The lowest BCUT2D eigenvalue weighted by Gasteiger charge is -2.21. The summed E-state index contributed by atoms with van der Waals surface area (Å²) in [6.07, 6.45) is 0.859. The Morgan fingerprint density at radius 3 is 2.46 bits per heavy atom. The quantitative estimate of drug-likeness (QED) is 0.850. The Bertz CT molecular complexity index is 661. The maximum absolute atomic E-state index is 12.7. The summed E-state index contributed by atoms with van der Waals surface area (Å²) in [6.45, 7) is 5.06. The van der Waals surface area contributed by atoms with Crippen molar-refractivity contribution in [3.63, 3.8) is 0 Å². The zero-order valence-corrected chi connectivity index (χ0v) is 15.3. The molecule has 0 fully saturated rings. The molecule has 0 saturated heterocycles. The summed E-state index contributed by atoms with van der Waals surface area (Å²) in [5.41, 5.74) is 2.66. The summed E-state index contributed by atoms with van der Waals surface area (Å²) < 4.78 is 1.67. The highest BCUT2D eigenvalue weighted by Crippen LogP contribution is 2.19. The van der Waals surface area contributed by atoms with Crippen LogP contribution in [0.1, 0.15) is 54.0 Å². The van der Waals surface area contributed by atoms with Crippen molar-refractivity contribution < 1.29 is 4.79 Å². The van der Waals surface area contributed by atoms with Crippen molar-refractivity contribution in [2.45, 2.75) is 32.2 Å². The van der Waals surface area contributed by atoms with Gasteiger partial charge in [-0.25, -0.2) is 0 Å². The van der Waals surface area contributed by atoms with Gasteiger partial charge in [-0.15, -0.1) is 0 Å². The minimum absolute atomic E-state index is 0.0153. The molecule has 1 N–H and O–H groups in total. The second-order valence-electron chi connectivity index (χ2n) is 6.76. The van der Waals surface area contributed by atoms with Gasteiger partial charge in [-0.1, -0.05) is 44.2 Å². The number of benzene rings is 1. The molecule has 1 heterocycles. The molecule has 2 aromatic rings. The van der Waals surface area contributed by atoms with Crippen LogP contribution in [0.15, 0.2) is 36.4 Å². The van der Waals surface area contributed by atoms with Crippen LogP contribution in [0.25, 0.3) is 0 Å². The summed E-state index contributed by atoms with van der Waals surface area (Å²) in [4.78, 5) is 14.9. The van der Waals surface area contributed by atoms with E-state index in [0.717, 1.165) is 24.2 Å². The number of aryl methyl sites for hydroxylation is 1. The molecule has 5 nitrogen and oxygen atoms in total. The van der Waals surface area contributed by atoms with Crippen molar-refractivity contribution in [3.05, 3.63) is 53.3 Å². The lowest BCUT2D eigenvalue weighted by atomic mass is 10.0. The molecule has 0 radical (unpaired) electrons. The average molecular weight is 328 g/mol. The molecule has 0 aliphatic rings. The van der Waals surface area contributed by atoms with Gasteiger partial charge in [0, 0.05) is 7.05 Å². The molecule has 24 heavy (non-hydrogen) atoms. The van der Waals surface area contributed by atoms with Gasteiger partial charge in [0.2, 0.25) is 0 Å². The van der Waals surface area contributed by atoms with Gasteiger partial charge < -0.3 is 10.2 Å². The van der Waals surface area contributed by atoms with Crippen LogP contribution in [0.5, 0.6) is 0 Å². The number of carbonyl (C=O) groups is 1. The molecule has 1 aromatic heterocycles. The monoisotopic (exact) mass is 328 g/mol. The van der Waals surface area contributed by atoms with Crippen molar-refractivity contribution in [3.8, 4) is 0 Å². The van der Waals surface area contributed by atoms with Gasteiger partial charge in [-0.3, -0.25) is 9.48 Å². The lowest BCUT2D eigenvalue weighted by molar-refractivity contribution is 0.0923. The van der Waals surface area contributed by atoms with Crippen LogP contribution in [0.3, 0.4) is 0 Å². The molecule has 0 aliphatic carbocycles. The van der Waals surface area contributed by atoms with Crippen LogP contribution >= 0.6 is 0 Å². The number of nitrogens with one attached hydrogen (secondary N) is 1. The normalized spacial score (nSPS) is 12.6. The Hall–Kier alpha value is -2.14. The predicted molar refractivity (Wildman–Crippen MR) is 97.1 cm³/mol. The number of nitrogens with zero attached hydrogens (tertiary/aromatic N) is 3. The van der Waals surface area contributed by atoms with E-state index in [9.17, 15) is 4.79 Å². The van der Waals surface area contributed by atoms with Crippen molar-refractivity contribution >= 4 is 5.91 Å². The number of hydrogen-bond acceptors (Lipinski definition) is 3. The SMILES string of the molecule is CC(C)c1cc(C(=O)N[C@H](CCN(C)C)c2ccccc2)n(C)n1. The van der Waals surface area contributed by atoms with Crippen LogP contribution < -0.4 is 5.32 Å². The van der Waals surface area contributed by atoms with E-state index in [1.807, 2.05) is 45.4 Å². The van der Waals surface area contributed by atoms with E-state index < -0.39 is 0 Å². The van der Waals surface area contributed by atoms with E-state index in [4.69, 9.17) is 0 Å². The number of hydrogen-bond donors (Lipinski definition) is 1. The molecule has 2 rings (SSSR count). The zero-order chi connectivity index (χ0) is 17.7. The van der Waals surface area contributed by atoms with E-state index in [1.165, 1.54) is 0 Å². The van der Waals surface area contributed by atoms with Crippen molar-refractivity contribution in [1.29, 1.82) is 0 Å². The molecular weight excluding hydrogens is 300 g/mol. The van der Waals surface area contributed by atoms with E-state index in [1.54, 1.807) is 4.68 Å². The van der Waals surface area contributed by atoms with Gasteiger partial charge in [0.25, 0.3) is 5.91 Å². The zero-order valence-electron chi connectivity index (χ0n) is 15.3. The Kier molecular flexibility index (Phi) is 6.15. The van der Waals surface area contributed by atoms with Crippen molar-refractivity contribution in [2.24, 2.45) is 7.05 Å². The van der Waals surface area contributed by atoms with Crippen LogP contribution in [-0.2, 0) is 7.05 Å². The first-order valence-corrected chi connectivity index (χ1v) is 8.43. The van der Waals surface area contributed by atoms with Gasteiger partial charge in [0.05, 0.1) is 11.7 Å². The Morgan fingerprint density at radius 1 is 1.25 bits per heavy atom. The standard InChI is InChI=1S/C19H28N4O/c1-14(2)17-13-18(23(5)21-17)19(24)20-16(11-12-22(3)4)15-9-7-6-8-10-15/h6-10,13-14,16H,11-12H2,1-5H3,(H,20,24)/t16-/m1/s1. The topological polar surface area (TPSA) is 50.2 Å². The van der Waals surface area contributed by atoms with Crippen LogP contribution in [0, 0.1) is 0 Å². The second-order valence-corrected chi connectivity index (χ2v) is 6.76. The molecule has 0 aliphatic heterocycles. The maximum atomic E-state index is 12.7. The summed E-state index contributed by atoms with van der Waals surface area (Å²) in [5, 5.41) is 7.60. The fourth-order valence-electron chi connectivity index (χ4n) is 2.61. The molecular formula is C19H28N4O. The molecule has 0 saturated carbocycles. The predicted octanol–water partition coefficient (Wildman–Crippen LogP) is 2.97. The smallest absolute Gasteiger partial charge is 0.270 e. The van der Waals surface area contributed by atoms with E-state index >= 15 is 0 Å². The van der Waals surface area contributed by atoms with Crippen molar-refractivity contribution in [2.75, 3.05) is 20.6 Å². The number of rotatable bonds is 7.